The average molecular weight is 276 g/mol. The highest BCUT2D eigenvalue weighted by Crippen LogP contribution is 2.27. The zero-order valence-electron chi connectivity index (χ0n) is 10.6. The summed E-state index contributed by atoms with van der Waals surface area (Å²) in [5.41, 5.74) is 2.90. The molecule has 1 aromatic carbocycles. The molecule has 0 fully saturated rings. The standard InChI is InChI=1S/C14H14ClN3O/c1-9-8-19-14(18-9)12-7-11(15)3-2-10(12)6-13-16-4-5-17-13/h2-3,7-8H,4-6H2,1H3,(H,16,17). The number of benzene rings is 1. The van der Waals surface area contributed by atoms with E-state index in [-0.39, 0.29) is 0 Å². The van der Waals surface area contributed by atoms with E-state index >= 15 is 0 Å². The molecule has 1 aliphatic heterocycles. The van der Waals surface area contributed by atoms with E-state index in [0.717, 1.165) is 42.2 Å². The van der Waals surface area contributed by atoms with Gasteiger partial charge in [0.25, 0.3) is 0 Å². The van der Waals surface area contributed by atoms with Gasteiger partial charge in [-0.1, -0.05) is 17.7 Å². The molecule has 1 aliphatic rings. The number of aryl methyl sites for hydroxylation is 1. The van der Waals surface area contributed by atoms with Crippen molar-refractivity contribution < 1.29 is 4.42 Å². The second-order valence-electron chi connectivity index (χ2n) is 4.53. The van der Waals surface area contributed by atoms with E-state index in [1.54, 1.807) is 6.26 Å². The third-order valence-electron chi connectivity index (χ3n) is 3.02. The van der Waals surface area contributed by atoms with Crippen LogP contribution in [0.15, 0.2) is 33.9 Å². The fraction of sp³-hybridized carbons (Fsp3) is 0.286. The van der Waals surface area contributed by atoms with Crippen LogP contribution in [0.2, 0.25) is 5.02 Å². The number of nitrogens with zero attached hydrogens (tertiary/aromatic N) is 2. The van der Waals surface area contributed by atoms with Gasteiger partial charge in [0.2, 0.25) is 5.89 Å². The number of amidine groups is 1. The molecule has 2 heterocycles. The summed E-state index contributed by atoms with van der Waals surface area (Å²) in [5.74, 6) is 1.61. The van der Waals surface area contributed by atoms with Crippen molar-refractivity contribution in [3.63, 3.8) is 0 Å². The number of aliphatic imine (C=N–C) groups is 1. The molecule has 0 atom stereocenters. The first-order valence-electron chi connectivity index (χ1n) is 6.20. The number of halogens is 1. The molecular formula is C14H14ClN3O. The van der Waals surface area contributed by atoms with Crippen molar-refractivity contribution >= 4 is 17.4 Å². The minimum Gasteiger partial charge on any atom is -0.444 e. The average Bonchev–Trinajstić information content (AvgIpc) is 3.03. The van der Waals surface area contributed by atoms with Crippen molar-refractivity contribution in [1.29, 1.82) is 0 Å². The third kappa shape index (κ3) is 2.63. The molecule has 4 nitrogen and oxygen atoms in total. The van der Waals surface area contributed by atoms with Crippen LogP contribution in [-0.4, -0.2) is 23.9 Å². The van der Waals surface area contributed by atoms with Gasteiger partial charge in [0.15, 0.2) is 0 Å². The molecule has 1 N–H and O–H groups in total. The third-order valence-corrected chi connectivity index (χ3v) is 3.26. The molecule has 98 valence electrons. The van der Waals surface area contributed by atoms with E-state index in [1.807, 2.05) is 25.1 Å². The number of nitrogens with one attached hydrogen (secondary N) is 1. The van der Waals surface area contributed by atoms with Gasteiger partial charge in [-0.2, -0.15) is 0 Å². The molecule has 19 heavy (non-hydrogen) atoms. The quantitative estimate of drug-likeness (QED) is 0.937. The van der Waals surface area contributed by atoms with E-state index < -0.39 is 0 Å². The van der Waals surface area contributed by atoms with Gasteiger partial charge in [-0.05, 0) is 24.6 Å². The normalized spacial score (nSPS) is 14.3. The maximum atomic E-state index is 6.07. The first kappa shape index (κ1) is 12.2. The summed E-state index contributed by atoms with van der Waals surface area (Å²) in [4.78, 5) is 8.79. The maximum Gasteiger partial charge on any atom is 0.226 e. The van der Waals surface area contributed by atoms with Gasteiger partial charge >= 0.3 is 0 Å². The summed E-state index contributed by atoms with van der Waals surface area (Å²) >= 11 is 6.07. The molecule has 0 amide bonds. The molecule has 0 bridgehead atoms. The van der Waals surface area contributed by atoms with Gasteiger partial charge < -0.3 is 9.73 Å². The number of aromatic nitrogens is 1. The Morgan fingerprint density at radius 1 is 1.42 bits per heavy atom. The van der Waals surface area contributed by atoms with E-state index in [4.69, 9.17) is 16.0 Å². The van der Waals surface area contributed by atoms with E-state index in [2.05, 4.69) is 15.3 Å². The summed E-state index contributed by atoms with van der Waals surface area (Å²) in [7, 11) is 0. The lowest BCUT2D eigenvalue weighted by Gasteiger charge is -2.08. The lowest BCUT2D eigenvalue weighted by molar-refractivity contribution is 0.573. The van der Waals surface area contributed by atoms with Crippen molar-refractivity contribution in [3.8, 4) is 11.5 Å². The predicted molar refractivity (Wildman–Crippen MR) is 75.7 cm³/mol. The minimum absolute atomic E-state index is 0.605. The molecule has 0 radical (unpaired) electrons. The Kier molecular flexibility index (Phi) is 3.25. The molecule has 0 spiro atoms. The molecule has 0 saturated heterocycles. The second kappa shape index (κ2) is 5.05. The van der Waals surface area contributed by atoms with E-state index in [1.165, 1.54) is 0 Å². The summed E-state index contributed by atoms with van der Waals surface area (Å²) in [6.07, 6.45) is 2.39. The number of hydrogen-bond donors (Lipinski definition) is 1. The molecule has 0 unspecified atom stereocenters. The van der Waals surface area contributed by atoms with Crippen LogP contribution in [0.25, 0.3) is 11.5 Å². The fourth-order valence-electron chi connectivity index (χ4n) is 2.13. The molecule has 0 saturated carbocycles. The molecule has 1 aromatic heterocycles. The molecule has 3 rings (SSSR count). The van der Waals surface area contributed by atoms with Crippen LogP contribution in [0.3, 0.4) is 0 Å². The van der Waals surface area contributed by atoms with Crippen molar-refractivity contribution in [3.05, 3.63) is 40.7 Å². The summed E-state index contributed by atoms with van der Waals surface area (Å²) in [6, 6.07) is 5.77. The highest BCUT2D eigenvalue weighted by Gasteiger charge is 2.14. The van der Waals surface area contributed by atoms with Gasteiger partial charge in [-0.3, -0.25) is 4.99 Å². The van der Waals surface area contributed by atoms with Gasteiger partial charge in [0.05, 0.1) is 12.2 Å². The first-order valence-corrected chi connectivity index (χ1v) is 6.58. The fourth-order valence-corrected chi connectivity index (χ4v) is 2.30. The number of hydrogen-bond acceptors (Lipinski definition) is 4. The lowest BCUT2D eigenvalue weighted by Crippen LogP contribution is -2.20. The molecule has 0 aliphatic carbocycles. The summed E-state index contributed by atoms with van der Waals surface area (Å²) in [5, 5.41) is 3.95. The van der Waals surface area contributed by atoms with E-state index in [9.17, 15) is 0 Å². The molecule has 5 heteroatoms. The lowest BCUT2D eigenvalue weighted by atomic mass is 10.0. The van der Waals surface area contributed by atoms with Crippen molar-refractivity contribution in [1.82, 2.24) is 10.3 Å². The van der Waals surface area contributed by atoms with Crippen LogP contribution in [0.1, 0.15) is 11.3 Å². The Morgan fingerprint density at radius 2 is 2.32 bits per heavy atom. The van der Waals surface area contributed by atoms with Crippen LogP contribution in [0.5, 0.6) is 0 Å². The van der Waals surface area contributed by atoms with Gasteiger partial charge in [-0.25, -0.2) is 4.98 Å². The van der Waals surface area contributed by atoms with Gasteiger partial charge in [0, 0.05) is 23.6 Å². The highest BCUT2D eigenvalue weighted by atomic mass is 35.5. The Balaban J connectivity index is 1.99. The van der Waals surface area contributed by atoms with Gasteiger partial charge in [-0.15, -0.1) is 0 Å². The van der Waals surface area contributed by atoms with Crippen molar-refractivity contribution in [2.45, 2.75) is 13.3 Å². The minimum atomic E-state index is 0.605. The second-order valence-corrected chi connectivity index (χ2v) is 4.96. The first-order chi connectivity index (χ1) is 9.22. The van der Waals surface area contributed by atoms with E-state index in [0.29, 0.717) is 10.9 Å². The van der Waals surface area contributed by atoms with Crippen molar-refractivity contribution in [2.24, 2.45) is 4.99 Å². The van der Waals surface area contributed by atoms with Crippen LogP contribution >= 0.6 is 11.6 Å². The van der Waals surface area contributed by atoms with Crippen LogP contribution < -0.4 is 5.32 Å². The zero-order chi connectivity index (χ0) is 13.2. The Morgan fingerprint density at radius 3 is 3.00 bits per heavy atom. The molecule has 2 aromatic rings. The Labute approximate surface area is 116 Å². The SMILES string of the molecule is Cc1coc(-c2cc(Cl)ccc2CC2=NCCN2)n1. The van der Waals surface area contributed by atoms with Crippen LogP contribution in [-0.2, 0) is 6.42 Å². The topological polar surface area (TPSA) is 50.4 Å². The number of oxazole rings is 1. The Hall–Kier alpha value is -1.81. The van der Waals surface area contributed by atoms with Crippen molar-refractivity contribution in [2.75, 3.05) is 13.1 Å². The molecular weight excluding hydrogens is 262 g/mol. The highest BCUT2D eigenvalue weighted by molar-refractivity contribution is 6.30. The monoisotopic (exact) mass is 275 g/mol. The largest absolute Gasteiger partial charge is 0.444 e. The zero-order valence-corrected chi connectivity index (χ0v) is 11.4. The van der Waals surface area contributed by atoms with Gasteiger partial charge in [0.1, 0.15) is 12.1 Å². The maximum absolute atomic E-state index is 6.07. The Bertz CT molecular complexity index is 633. The van der Waals surface area contributed by atoms with Crippen LogP contribution in [0, 0.1) is 6.92 Å². The van der Waals surface area contributed by atoms with Crippen LogP contribution in [0.4, 0.5) is 0 Å². The predicted octanol–water partition coefficient (Wildman–Crippen LogP) is 2.85. The smallest absolute Gasteiger partial charge is 0.226 e. The summed E-state index contributed by atoms with van der Waals surface area (Å²) in [6.45, 7) is 3.66. The summed E-state index contributed by atoms with van der Waals surface area (Å²) < 4.78 is 5.48. The number of rotatable bonds is 3.